The van der Waals surface area contributed by atoms with Gasteiger partial charge in [0.05, 0.1) is 12.7 Å². The van der Waals surface area contributed by atoms with Crippen LogP contribution in [0, 0.1) is 6.92 Å². The number of nitrogens with one attached hydrogen (secondary N) is 1. The first-order chi connectivity index (χ1) is 11.3. The Labute approximate surface area is 136 Å². The van der Waals surface area contributed by atoms with Crippen LogP contribution >= 0.6 is 0 Å². The molecule has 0 radical (unpaired) electrons. The molecule has 1 saturated carbocycles. The fourth-order valence-corrected chi connectivity index (χ4v) is 3.79. The summed E-state index contributed by atoms with van der Waals surface area (Å²) in [4.78, 5) is 4.38. The lowest BCUT2D eigenvalue weighted by molar-refractivity contribution is 0.0407. The molecule has 1 aromatic carbocycles. The molecule has 1 fully saturated rings. The van der Waals surface area contributed by atoms with Crippen LogP contribution in [0.5, 0.6) is 0 Å². The monoisotopic (exact) mass is 313 g/mol. The molecule has 3 atom stereocenters. The maximum absolute atomic E-state index is 5.98. The highest BCUT2D eigenvalue weighted by atomic mass is 16.5. The zero-order valence-electron chi connectivity index (χ0n) is 13.5. The van der Waals surface area contributed by atoms with Crippen LogP contribution in [0.15, 0.2) is 28.8 Å². The summed E-state index contributed by atoms with van der Waals surface area (Å²) in [6, 6.07) is 9.13. The zero-order valence-corrected chi connectivity index (χ0v) is 13.5. The van der Waals surface area contributed by atoms with E-state index in [1.165, 1.54) is 11.1 Å². The van der Waals surface area contributed by atoms with Crippen LogP contribution in [0.3, 0.4) is 0 Å². The highest BCUT2D eigenvalue weighted by Crippen LogP contribution is 2.34. The summed E-state index contributed by atoms with van der Waals surface area (Å²) in [6.07, 6.45) is 4.52. The lowest BCUT2D eigenvalue weighted by Gasteiger charge is -2.27. The van der Waals surface area contributed by atoms with Crippen molar-refractivity contribution in [2.24, 2.45) is 0 Å². The summed E-state index contributed by atoms with van der Waals surface area (Å²) in [7, 11) is 0. The predicted molar refractivity (Wildman–Crippen MR) is 86.3 cm³/mol. The predicted octanol–water partition coefficient (Wildman–Crippen LogP) is 2.92. The summed E-state index contributed by atoms with van der Waals surface area (Å²) in [6.45, 7) is 3.56. The standard InChI is InChI=1S/C18H23N3O2/c1-12-20-18(23-21-12)14-6-7-15(10-14)19-11-17-16-5-3-2-4-13(16)8-9-22-17/h2-5,14-15,17,19H,6-11H2,1H3. The molecule has 2 heterocycles. The number of fused-ring (bicyclic) bond motifs is 1. The van der Waals surface area contributed by atoms with E-state index < -0.39 is 0 Å². The molecule has 0 bridgehead atoms. The van der Waals surface area contributed by atoms with Gasteiger partial charge in [-0.3, -0.25) is 0 Å². The maximum atomic E-state index is 5.98. The molecular formula is C18H23N3O2. The fraction of sp³-hybridized carbons (Fsp3) is 0.556. The van der Waals surface area contributed by atoms with Crippen LogP contribution in [0.25, 0.3) is 0 Å². The van der Waals surface area contributed by atoms with Gasteiger partial charge in [0.1, 0.15) is 0 Å². The van der Waals surface area contributed by atoms with E-state index in [-0.39, 0.29) is 6.10 Å². The molecule has 23 heavy (non-hydrogen) atoms. The van der Waals surface area contributed by atoms with Crippen molar-refractivity contribution < 1.29 is 9.26 Å². The molecule has 1 aliphatic carbocycles. The van der Waals surface area contributed by atoms with Gasteiger partial charge in [0, 0.05) is 18.5 Å². The van der Waals surface area contributed by atoms with Crippen LogP contribution < -0.4 is 5.32 Å². The summed E-state index contributed by atoms with van der Waals surface area (Å²) in [5.41, 5.74) is 2.77. The molecule has 1 aliphatic heterocycles. The topological polar surface area (TPSA) is 60.2 Å². The molecular weight excluding hydrogens is 290 g/mol. The highest BCUT2D eigenvalue weighted by molar-refractivity contribution is 5.31. The lowest BCUT2D eigenvalue weighted by atomic mass is 9.97. The Hall–Kier alpha value is -1.72. The van der Waals surface area contributed by atoms with Gasteiger partial charge >= 0.3 is 0 Å². The molecule has 5 heteroatoms. The minimum absolute atomic E-state index is 0.171. The molecule has 1 aromatic heterocycles. The Morgan fingerprint density at radius 3 is 3.04 bits per heavy atom. The van der Waals surface area contributed by atoms with Crippen molar-refractivity contribution in [3.05, 3.63) is 47.1 Å². The van der Waals surface area contributed by atoms with Gasteiger partial charge in [0.25, 0.3) is 0 Å². The molecule has 1 N–H and O–H groups in total. The second kappa shape index (κ2) is 6.42. The van der Waals surface area contributed by atoms with Crippen molar-refractivity contribution in [3.8, 4) is 0 Å². The number of ether oxygens (including phenoxy) is 1. The molecule has 122 valence electrons. The Kier molecular flexibility index (Phi) is 4.14. The Bertz CT molecular complexity index is 670. The van der Waals surface area contributed by atoms with Crippen molar-refractivity contribution in [2.75, 3.05) is 13.2 Å². The van der Waals surface area contributed by atoms with Crippen molar-refractivity contribution in [2.45, 2.75) is 50.7 Å². The molecule has 0 spiro atoms. The average molecular weight is 313 g/mol. The average Bonchev–Trinajstić information content (AvgIpc) is 3.21. The summed E-state index contributed by atoms with van der Waals surface area (Å²) >= 11 is 0. The molecule has 2 aromatic rings. The van der Waals surface area contributed by atoms with Gasteiger partial charge in [-0.2, -0.15) is 4.98 Å². The van der Waals surface area contributed by atoms with Gasteiger partial charge in [-0.1, -0.05) is 29.4 Å². The summed E-state index contributed by atoms with van der Waals surface area (Å²) in [5.74, 6) is 1.92. The molecule has 3 unspecified atom stereocenters. The van der Waals surface area contributed by atoms with Gasteiger partial charge in [-0.25, -0.2) is 0 Å². The molecule has 2 aliphatic rings. The van der Waals surface area contributed by atoms with Crippen LogP contribution in [0.1, 0.15) is 54.1 Å². The number of hydrogen-bond donors (Lipinski definition) is 1. The second-order valence-electron chi connectivity index (χ2n) is 6.60. The summed E-state index contributed by atoms with van der Waals surface area (Å²) < 4.78 is 11.3. The normalized spacial score (nSPS) is 27.1. The SMILES string of the molecule is Cc1noc(C2CCC(NCC3OCCc4ccccc43)C2)n1. The van der Waals surface area contributed by atoms with Crippen molar-refractivity contribution >= 4 is 0 Å². The lowest BCUT2D eigenvalue weighted by Crippen LogP contribution is -2.33. The van der Waals surface area contributed by atoms with Gasteiger partial charge in [-0.05, 0) is 43.7 Å². The molecule has 0 saturated heterocycles. The summed E-state index contributed by atoms with van der Waals surface area (Å²) in [5, 5.41) is 7.59. The Balaban J connectivity index is 1.34. The maximum Gasteiger partial charge on any atom is 0.229 e. The first-order valence-corrected chi connectivity index (χ1v) is 8.52. The second-order valence-corrected chi connectivity index (χ2v) is 6.60. The first-order valence-electron chi connectivity index (χ1n) is 8.52. The van der Waals surface area contributed by atoms with Crippen molar-refractivity contribution in [3.63, 3.8) is 0 Å². The van der Waals surface area contributed by atoms with E-state index in [1.54, 1.807) is 0 Å². The number of nitrogens with zero attached hydrogens (tertiary/aromatic N) is 2. The van der Waals surface area contributed by atoms with Gasteiger partial charge < -0.3 is 14.6 Å². The van der Waals surface area contributed by atoms with E-state index in [1.807, 2.05) is 6.92 Å². The molecule has 5 nitrogen and oxygen atoms in total. The van der Waals surface area contributed by atoms with E-state index in [0.717, 1.165) is 50.6 Å². The van der Waals surface area contributed by atoms with Crippen LogP contribution in [0.2, 0.25) is 0 Å². The fourth-order valence-electron chi connectivity index (χ4n) is 3.79. The largest absolute Gasteiger partial charge is 0.372 e. The van der Waals surface area contributed by atoms with Gasteiger partial charge in [0.2, 0.25) is 5.89 Å². The molecule has 4 rings (SSSR count). The number of aryl methyl sites for hydroxylation is 1. The van der Waals surface area contributed by atoms with E-state index in [9.17, 15) is 0 Å². The van der Waals surface area contributed by atoms with E-state index >= 15 is 0 Å². The number of benzene rings is 1. The molecule has 0 amide bonds. The Morgan fingerprint density at radius 2 is 2.17 bits per heavy atom. The quantitative estimate of drug-likeness (QED) is 0.940. The Morgan fingerprint density at radius 1 is 1.26 bits per heavy atom. The van der Waals surface area contributed by atoms with Crippen LogP contribution in [-0.2, 0) is 11.2 Å². The van der Waals surface area contributed by atoms with Crippen molar-refractivity contribution in [1.29, 1.82) is 0 Å². The van der Waals surface area contributed by atoms with Crippen LogP contribution in [-0.4, -0.2) is 29.3 Å². The third-order valence-electron chi connectivity index (χ3n) is 5.01. The smallest absolute Gasteiger partial charge is 0.229 e. The number of aromatic nitrogens is 2. The third kappa shape index (κ3) is 3.16. The van der Waals surface area contributed by atoms with E-state index in [4.69, 9.17) is 9.26 Å². The zero-order chi connectivity index (χ0) is 15.6. The van der Waals surface area contributed by atoms with E-state index in [2.05, 4.69) is 39.7 Å². The first kappa shape index (κ1) is 14.8. The van der Waals surface area contributed by atoms with E-state index in [0.29, 0.717) is 12.0 Å². The number of rotatable bonds is 4. The highest BCUT2D eigenvalue weighted by Gasteiger charge is 2.30. The van der Waals surface area contributed by atoms with Crippen LogP contribution in [0.4, 0.5) is 0 Å². The minimum Gasteiger partial charge on any atom is -0.372 e. The minimum atomic E-state index is 0.171. The van der Waals surface area contributed by atoms with Crippen molar-refractivity contribution in [1.82, 2.24) is 15.5 Å². The van der Waals surface area contributed by atoms with Gasteiger partial charge in [0.15, 0.2) is 5.82 Å². The number of hydrogen-bond acceptors (Lipinski definition) is 5. The van der Waals surface area contributed by atoms with Gasteiger partial charge in [-0.15, -0.1) is 0 Å². The third-order valence-corrected chi connectivity index (χ3v) is 5.01.